The molecule has 0 aliphatic heterocycles. The standard InChI is InChI=1S/C29H33ClFN3O4S/c1-20-17-23(30)15-16-26(20)34(39(37,38)24-12-7-6-8-13-24)19-27(35)33(18-22-11-9-10-14-25(22)31)21(2)28(36)32-29(3,4)5/h6-17,21H,18-19H2,1-5H3,(H,32,36)/t21-/m1/s1. The maximum atomic E-state index is 14.6. The molecule has 0 radical (unpaired) electrons. The van der Waals surface area contributed by atoms with Crippen LogP contribution in [0, 0.1) is 12.7 Å². The molecule has 1 atom stereocenters. The fourth-order valence-electron chi connectivity index (χ4n) is 4.00. The van der Waals surface area contributed by atoms with Crippen LogP contribution in [-0.2, 0) is 26.2 Å². The van der Waals surface area contributed by atoms with Gasteiger partial charge < -0.3 is 10.2 Å². The SMILES string of the molecule is Cc1cc(Cl)ccc1N(CC(=O)N(Cc1ccccc1F)[C@H](C)C(=O)NC(C)(C)C)S(=O)(=O)c1ccccc1. The number of carbonyl (C=O) groups is 2. The van der Waals surface area contributed by atoms with E-state index >= 15 is 0 Å². The van der Waals surface area contributed by atoms with Crippen LogP contribution in [0.4, 0.5) is 10.1 Å². The van der Waals surface area contributed by atoms with E-state index in [1.165, 1.54) is 48.2 Å². The Kier molecular flexibility index (Phi) is 9.40. The number of benzene rings is 3. The predicted molar refractivity (Wildman–Crippen MR) is 151 cm³/mol. The Morgan fingerprint density at radius 1 is 1.00 bits per heavy atom. The zero-order chi connectivity index (χ0) is 29.0. The van der Waals surface area contributed by atoms with E-state index in [2.05, 4.69) is 5.32 Å². The van der Waals surface area contributed by atoms with E-state index in [9.17, 15) is 22.4 Å². The van der Waals surface area contributed by atoms with Crippen LogP contribution in [0.15, 0.2) is 77.7 Å². The number of carbonyl (C=O) groups excluding carboxylic acids is 2. The summed E-state index contributed by atoms with van der Waals surface area (Å²) in [7, 11) is -4.21. The molecule has 0 unspecified atom stereocenters. The fourth-order valence-corrected chi connectivity index (χ4v) is 5.72. The van der Waals surface area contributed by atoms with Gasteiger partial charge in [0.15, 0.2) is 0 Å². The van der Waals surface area contributed by atoms with Gasteiger partial charge in [0.25, 0.3) is 10.0 Å². The topological polar surface area (TPSA) is 86.8 Å². The van der Waals surface area contributed by atoms with Crippen LogP contribution in [-0.4, -0.2) is 43.3 Å². The highest BCUT2D eigenvalue weighted by atomic mass is 35.5. The summed E-state index contributed by atoms with van der Waals surface area (Å²) >= 11 is 6.12. The van der Waals surface area contributed by atoms with Gasteiger partial charge in [-0.2, -0.15) is 0 Å². The van der Waals surface area contributed by atoms with Crippen molar-refractivity contribution in [2.45, 2.75) is 57.6 Å². The third kappa shape index (κ3) is 7.58. The summed E-state index contributed by atoms with van der Waals surface area (Å²) in [4.78, 5) is 28.2. The van der Waals surface area contributed by atoms with E-state index in [1.807, 2.05) is 0 Å². The third-order valence-electron chi connectivity index (χ3n) is 6.00. The van der Waals surface area contributed by atoms with Gasteiger partial charge in [0.2, 0.25) is 11.8 Å². The summed E-state index contributed by atoms with van der Waals surface area (Å²) in [6.45, 7) is 7.78. The van der Waals surface area contributed by atoms with E-state index in [1.54, 1.807) is 64.1 Å². The molecule has 2 amide bonds. The fraction of sp³-hybridized carbons (Fsp3) is 0.310. The van der Waals surface area contributed by atoms with Gasteiger partial charge in [0, 0.05) is 22.7 Å². The number of nitrogens with zero attached hydrogens (tertiary/aromatic N) is 2. The predicted octanol–water partition coefficient (Wildman–Crippen LogP) is 5.31. The molecule has 208 valence electrons. The number of nitrogens with one attached hydrogen (secondary N) is 1. The summed E-state index contributed by atoms with van der Waals surface area (Å²) in [5.41, 5.74) is 0.408. The van der Waals surface area contributed by atoms with Crippen molar-refractivity contribution in [2.24, 2.45) is 0 Å². The summed E-state index contributed by atoms with van der Waals surface area (Å²) in [5.74, 6) is -1.67. The van der Waals surface area contributed by atoms with Crippen molar-refractivity contribution in [3.63, 3.8) is 0 Å². The Morgan fingerprint density at radius 2 is 1.62 bits per heavy atom. The normalized spacial score (nSPS) is 12.5. The average molecular weight is 574 g/mol. The summed E-state index contributed by atoms with van der Waals surface area (Å²) in [6.07, 6.45) is 0. The lowest BCUT2D eigenvalue weighted by Crippen LogP contribution is -2.54. The molecule has 3 aromatic rings. The van der Waals surface area contributed by atoms with E-state index in [-0.39, 0.29) is 22.7 Å². The second kappa shape index (κ2) is 12.2. The maximum Gasteiger partial charge on any atom is 0.264 e. The van der Waals surface area contributed by atoms with Gasteiger partial charge in [-0.25, -0.2) is 12.8 Å². The van der Waals surface area contributed by atoms with Crippen molar-refractivity contribution in [1.82, 2.24) is 10.2 Å². The second-order valence-corrected chi connectivity index (χ2v) is 12.6. The number of aryl methyl sites for hydroxylation is 1. The highest BCUT2D eigenvalue weighted by Crippen LogP contribution is 2.29. The van der Waals surface area contributed by atoms with Crippen molar-refractivity contribution in [1.29, 1.82) is 0 Å². The zero-order valence-corrected chi connectivity index (χ0v) is 24.2. The van der Waals surface area contributed by atoms with Crippen molar-refractivity contribution >= 4 is 39.1 Å². The first kappa shape index (κ1) is 30.1. The van der Waals surface area contributed by atoms with Crippen LogP contribution < -0.4 is 9.62 Å². The van der Waals surface area contributed by atoms with E-state index in [0.29, 0.717) is 10.6 Å². The Labute approximate surface area is 234 Å². The van der Waals surface area contributed by atoms with Crippen LogP contribution in [0.25, 0.3) is 0 Å². The molecular formula is C29H33ClFN3O4S. The first-order valence-corrected chi connectivity index (χ1v) is 14.2. The highest BCUT2D eigenvalue weighted by molar-refractivity contribution is 7.92. The van der Waals surface area contributed by atoms with Crippen molar-refractivity contribution in [3.05, 3.63) is 94.8 Å². The molecule has 0 spiro atoms. The highest BCUT2D eigenvalue weighted by Gasteiger charge is 2.34. The molecule has 0 aromatic heterocycles. The number of hydrogen-bond donors (Lipinski definition) is 1. The largest absolute Gasteiger partial charge is 0.350 e. The number of halogens is 2. The molecule has 3 aromatic carbocycles. The molecule has 7 nitrogen and oxygen atoms in total. The van der Waals surface area contributed by atoms with E-state index < -0.39 is 45.8 Å². The van der Waals surface area contributed by atoms with Gasteiger partial charge in [-0.1, -0.05) is 48.0 Å². The molecule has 1 N–H and O–H groups in total. The first-order chi connectivity index (χ1) is 18.2. The lowest BCUT2D eigenvalue weighted by Gasteiger charge is -2.34. The van der Waals surface area contributed by atoms with Gasteiger partial charge in [-0.3, -0.25) is 13.9 Å². The molecule has 0 bridgehead atoms. The summed E-state index contributed by atoms with van der Waals surface area (Å²) in [5, 5.41) is 3.25. The van der Waals surface area contributed by atoms with Crippen LogP contribution in [0.1, 0.15) is 38.8 Å². The monoisotopic (exact) mass is 573 g/mol. The van der Waals surface area contributed by atoms with Crippen LogP contribution in [0.2, 0.25) is 5.02 Å². The Morgan fingerprint density at radius 3 is 2.21 bits per heavy atom. The van der Waals surface area contributed by atoms with Gasteiger partial charge in [0.05, 0.1) is 10.6 Å². The number of rotatable bonds is 9. The Balaban J connectivity index is 2.07. The molecule has 0 saturated heterocycles. The van der Waals surface area contributed by atoms with Crippen LogP contribution in [0.5, 0.6) is 0 Å². The molecule has 3 rings (SSSR count). The number of sulfonamides is 1. The molecule has 0 heterocycles. The Hall–Kier alpha value is -3.43. The third-order valence-corrected chi connectivity index (χ3v) is 8.01. The van der Waals surface area contributed by atoms with Crippen molar-refractivity contribution in [2.75, 3.05) is 10.8 Å². The maximum absolute atomic E-state index is 14.6. The minimum absolute atomic E-state index is 0.00803. The number of hydrogen-bond acceptors (Lipinski definition) is 4. The smallest absolute Gasteiger partial charge is 0.264 e. The zero-order valence-electron chi connectivity index (χ0n) is 22.6. The van der Waals surface area contributed by atoms with Gasteiger partial charge in [-0.15, -0.1) is 0 Å². The lowest BCUT2D eigenvalue weighted by molar-refractivity contribution is -0.140. The molecule has 0 aliphatic rings. The average Bonchev–Trinajstić information content (AvgIpc) is 2.86. The minimum atomic E-state index is -4.21. The van der Waals surface area contributed by atoms with Crippen LogP contribution >= 0.6 is 11.6 Å². The second-order valence-electron chi connectivity index (χ2n) is 10.3. The lowest BCUT2D eigenvalue weighted by atomic mass is 10.1. The van der Waals surface area contributed by atoms with Gasteiger partial charge in [0.1, 0.15) is 18.4 Å². The van der Waals surface area contributed by atoms with Crippen LogP contribution in [0.3, 0.4) is 0 Å². The summed E-state index contributed by atoms with van der Waals surface area (Å²) < 4.78 is 43.2. The van der Waals surface area contributed by atoms with Gasteiger partial charge in [-0.05, 0) is 76.6 Å². The quantitative estimate of drug-likeness (QED) is 0.376. The molecule has 0 saturated carbocycles. The van der Waals surface area contributed by atoms with E-state index in [0.717, 1.165) is 4.31 Å². The number of anilines is 1. The van der Waals surface area contributed by atoms with E-state index in [4.69, 9.17) is 11.6 Å². The molecule has 10 heteroatoms. The minimum Gasteiger partial charge on any atom is -0.350 e. The summed E-state index contributed by atoms with van der Waals surface area (Å²) in [6, 6.07) is 17.3. The molecule has 0 aliphatic carbocycles. The number of amides is 2. The van der Waals surface area contributed by atoms with Crippen molar-refractivity contribution < 1.29 is 22.4 Å². The molecule has 39 heavy (non-hydrogen) atoms. The Bertz CT molecular complexity index is 1440. The molecule has 0 fully saturated rings. The molecular weight excluding hydrogens is 541 g/mol. The van der Waals surface area contributed by atoms with Gasteiger partial charge >= 0.3 is 0 Å². The van der Waals surface area contributed by atoms with Crippen molar-refractivity contribution in [3.8, 4) is 0 Å². The first-order valence-electron chi connectivity index (χ1n) is 12.4.